The summed E-state index contributed by atoms with van der Waals surface area (Å²) in [5, 5.41) is 0. The third-order valence-corrected chi connectivity index (χ3v) is 3.99. The SMILES string of the molecule is Fc1cccc(F)c1Cc1cccc(-c2[nH]ccc3ncnc2-3)c1. The Hall–Kier alpha value is -3.08. The molecule has 0 saturated heterocycles. The van der Waals surface area contributed by atoms with E-state index in [9.17, 15) is 8.78 Å². The molecule has 2 aromatic rings. The molecule has 24 heavy (non-hydrogen) atoms. The summed E-state index contributed by atoms with van der Waals surface area (Å²) >= 11 is 0. The zero-order chi connectivity index (χ0) is 16.5. The Morgan fingerprint density at radius 2 is 1.71 bits per heavy atom. The fourth-order valence-electron chi connectivity index (χ4n) is 2.83. The van der Waals surface area contributed by atoms with Crippen LogP contribution < -0.4 is 0 Å². The molecule has 118 valence electrons. The van der Waals surface area contributed by atoms with Crippen LogP contribution in [-0.2, 0) is 6.42 Å². The molecule has 2 aliphatic heterocycles. The number of benzene rings is 2. The number of imidazole rings is 1. The first-order valence-corrected chi connectivity index (χ1v) is 7.52. The lowest BCUT2D eigenvalue weighted by Gasteiger charge is -2.09. The third kappa shape index (κ3) is 2.54. The topological polar surface area (TPSA) is 41.6 Å². The van der Waals surface area contributed by atoms with E-state index in [0.29, 0.717) is 0 Å². The molecule has 2 aliphatic rings. The van der Waals surface area contributed by atoms with E-state index in [1.807, 2.05) is 30.3 Å². The van der Waals surface area contributed by atoms with Crippen LogP contribution in [0.25, 0.3) is 22.6 Å². The molecule has 2 aromatic carbocycles. The molecule has 4 rings (SSSR count). The lowest BCUT2D eigenvalue weighted by atomic mass is 9.99. The van der Waals surface area contributed by atoms with Crippen LogP contribution in [-0.4, -0.2) is 15.0 Å². The van der Waals surface area contributed by atoms with Crippen molar-refractivity contribution in [2.24, 2.45) is 0 Å². The number of nitrogens with zero attached hydrogens (tertiary/aromatic N) is 2. The molecule has 0 fully saturated rings. The normalized spacial score (nSPS) is 11.1. The minimum atomic E-state index is -0.532. The van der Waals surface area contributed by atoms with Gasteiger partial charge in [-0.3, -0.25) is 0 Å². The van der Waals surface area contributed by atoms with Crippen molar-refractivity contribution >= 4 is 0 Å². The first-order chi connectivity index (χ1) is 11.7. The molecule has 2 heterocycles. The Labute approximate surface area is 137 Å². The van der Waals surface area contributed by atoms with E-state index < -0.39 is 11.6 Å². The van der Waals surface area contributed by atoms with Crippen molar-refractivity contribution in [3.63, 3.8) is 0 Å². The summed E-state index contributed by atoms with van der Waals surface area (Å²) in [7, 11) is 0. The Morgan fingerprint density at radius 3 is 2.54 bits per heavy atom. The molecule has 5 heteroatoms. The van der Waals surface area contributed by atoms with Gasteiger partial charge in [0.15, 0.2) is 0 Å². The van der Waals surface area contributed by atoms with Crippen LogP contribution in [0.2, 0.25) is 0 Å². The van der Waals surface area contributed by atoms with E-state index in [0.717, 1.165) is 28.2 Å². The Bertz CT molecular complexity index is 958. The van der Waals surface area contributed by atoms with Crippen LogP contribution in [0.1, 0.15) is 11.1 Å². The molecule has 0 saturated carbocycles. The predicted molar refractivity (Wildman–Crippen MR) is 87.6 cm³/mol. The second-order valence-electron chi connectivity index (χ2n) is 5.54. The zero-order valence-electron chi connectivity index (χ0n) is 12.6. The summed E-state index contributed by atoms with van der Waals surface area (Å²) in [6, 6.07) is 13.3. The molecule has 0 bridgehead atoms. The van der Waals surface area contributed by atoms with E-state index in [1.165, 1.54) is 24.5 Å². The van der Waals surface area contributed by atoms with E-state index in [-0.39, 0.29) is 12.0 Å². The van der Waals surface area contributed by atoms with Gasteiger partial charge in [-0.25, -0.2) is 18.7 Å². The highest BCUT2D eigenvalue weighted by molar-refractivity contribution is 5.77. The van der Waals surface area contributed by atoms with Crippen LogP contribution in [0.15, 0.2) is 61.1 Å². The highest BCUT2D eigenvalue weighted by atomic mass is 19.1. The van der Waals surface area contributed by atoms with Gasteiger partial charge in [0.05, 0.1) is 11.4 Å². The highest BCUT2D eigenvalue weighted by Gasteiger charge is 2.14. The van der Waals surface area contributed by atoms with Crippen LogP contribution in [0.4, 0.5) is 8.78 Å². The molecular weight excluding hydrogens is 308 g/mol. The van der Waals surface area contributed by atoms with Gasteiger partial charge in [-0.05, 0) is 29.8 Å². The monoisotopic (exact) mass is 321 g/mol. The van der Waals surface area contributed by atoms with Crippen LogP contribution in [0.3, 0.4) is 0 Å². The standard InChI is InChI=1S/C19H13F2N3/c20-15-5-2-6-16(21)14(15)10-12-3-1-4-13(9-12)18-19-17(7-8-22-18)23-11-24-19/h1-9,11,22H,10H2. The largest absolute Gasteiger partial charge is 0.359 e. The molecule has 0 spiro atoms. The summed E-state index contributed by atoms with van der Waals surface area (Å²) in [5.41, 5.74) is 4.20. The van der Waals surface area contributed by atoms with Crippen molar-refractivity contribution < 1.29 is 8.78 Å². The fourth-order valence-corrected chi connectivity index (χ4v) is 2.83. The summed E-state index contributed by atoms with van der Waals surface area (Å²) in [6.07, 6.45) is 3.51. The Balaban J connectivity index is 1.74. The van der Waals surface area contributed by atoms with Crippen molar-refractivity contribution in [1.82, 2.24) is 15.0 Å². The lowest BCUT2D eigenvalue weighted by Crippen LogP contribution is -1.98. The minimum Gasteiger partial charge on any atom is -0.359 e. The van der Waals surface area contributed by atoms with Crippen LogP contribution >= 0.6 is 0 Å². The van der Waals surface area contributed by atoms with Crippen molar-refractivity contribution in [1.29, 1.82) is 0 Å². The van der Waals surface area contributed by atoms with Gasteiger partial charge in [-0.1, -0.05) is 24.3 Å². The van der Waals surface area contributed by atoms with Gasteiger partial charge in [0.25, 0.3) is 0 Å². The number of aromatic amines is 1. The lowest BCUT2D eigenvalue weighted by molar-refractivity contribution is 0.561. The molecule has 1 N–H and O–H groups in total. The number of hydrogen-bond acceptors (Lipinski definition) is 2. The van der Waals surface area contributed by atoms with Gasteiger partial charge < -0.3 is 4.98 Å². The van der Waals surface area contributed by atoms with E-state index in [2.05, 4.69) is 15.0 Å². The second kappa shape index (κ2) is 5.85. The van der Waals surface area contributed by atoms with Gasteiger partial charge in [-0.2, -0.15) is 0 Å². The summed E-state index contributed by atoms with van der Waals surface area (Å²) in [4.78, 5) is 11.6. The molecule has 0 amide bonds. The van der Waals surface area contributed by atoms with Gasteiger partial charge in [-0.15, -0.1) is 0 Å². The molecule has 0 aromatic heterocycles. The average molecular weight is 321 g/mol. The third-order valence-electron chi connectivity index (χ3n) is 3.99. The van der Waals surface area contributed by atoms with Crippen molar-refractivity contribution in [2.45, 2.75) is 6.42 Å². The van der Waals surface area contributed by atoms with Gasteiger partial charge in [0, 0.05) is 23.7 Å². The van der Waals surface area contributed by atoms with Crippen molar-refractivity contribution in [2.75, 3.05) is 0 Å². The number of fused-ring (bicyclic) bond motifs is 1. The van der Waals surface area contributed by atoms with E-state index in [1.54, 1.807) is 6.20 Å². The predicted octanol–water partition coefficient (Wildman–Crippen LogP) is 4.45. The summed E-state index contributed by atoms with van der Waals surface area (Å²) < 4.78 is 27.7. The van der Waals surface area contributed by atoms with Crippen molar-refractivity contribution in [3.05, 3.63) is 83.8 Å². The smallest absolute Gasteiger partial charge is 0.129 e. The number of rotatable bonds is 3. The molecule has 0 radical (unpaired) electrons. The van der Waals surface area contributed by atoms with Gasteiger partial charge in [0.1, 0.15) is 23.7 Å². The number of aromatic nitrogens is 3. The minimum absolute atomic E-state index is 0.0740. The van der Waals surface area contributed by atoms with E-state index in [4.69, 9.17) is 0 Å². The van der Waals surface area contributed by atoms with Crippen LogP contribution in [0.5, 0.6) is 0 Å². The highest BCUT2D eigenvalue weighted by Crippen LogP contribution is 2.29. The van der Waals surface area contributed by atoms with Gasteiger partial charge >= 0.3 is 0 Å². The van der Waals surface area contributed by atoms with Gasteiger partial charge in [0.2, 0.25) is 0 Å². The maximum Gasteiger partial charge on any atom is 0.129 e. The quantitative estimate of drug-likeness (QED) is 0.606. The number of hydrogen-bond donors (Lipinski definition) is 1. The summed E-state index contributed by atoms with van der Waals surface area (Å²) in [5.74, 6) is -1.06. The zero-order valence-corrected chi connectivity index (χ0v) is 12.6. The Morgan fingerprint density at radius 1 is 0.917 bits per heavy atom. The fraction of sp³-hybridized carbons (Fsp3) is 0.0526. The first-order valence-electron chi connectivity index (χ1n) is 7.52. The number of halogens is 2. The first kappa shape index (κ1) is 14.5. The number of pyridine rings is 1. The Kier molecular flexibility index (Phi) is 3.54. The van der Waals surface area contributed by atoms with Crippen molar-refractivity contribution in [3.8, 4) is 22.6 Å². The molecular formula is C19H13F2N3. The second-order valence-corrected chi connectivity index (χ2v) is 5.54. The molecule has 0 unspecified atom stereocenters. The average Bonchev–Trinajstić information content (AvgIpc) is 3.07. The summed E-state index contributed by atoms with van der Waals surface area (Å²) in [6.45, 7) is 0. The maximum absolute atomic E-state index is 13.9. The molecule has 0 atom stereocenters. The number of nitrogens with one attached hydrogen (secondary N) is 1. The maximum atomic E-state index is 13.9. The van der Waals surface area contributed by atoms with Crippen LogP contribution in [0, 0.1) is 11.6 Å². The molecule has 0 aliphatic carbocycles. The molecule has 3 nitrogen and oxygen atoms in total. The van der Waals surface area contributed by atoms with E-state index >= 15 is 0 Å². The number of H-pyrrole nitrogens is 1.